The molecule has 0 amide bonds. The molecule has 4 aromatic rings. The number of nitrogens with zero attached hydrogens (tertiary/aromatic N) is 4. The van der Waals surface area contributed by atoms with Gasteiger partial charge in [0.25, 0.3) is 0 Å². The molecule has 176 valence electrons. The van der Waals surface area contributed by atoms with Gasteiger partial charge in [0.2, 0.25) is 0 Å². The Balaban J connectivity index is 1.33. The number of pyridine rings is 1. The number of nitrogen functional groups attached to an aromatic ring is 1. The smallest absolute Gasteiger partial charge is 0.176 e. The van der Waals surface area contributed by atoms with Gasteiger partial charge in [-0.1, -0.05) is 48.5 Å². The molecule has 1 atom stereocenters. The Labute approximate surface area is 209 Å². The van der Waals surface area contributed by atoms with Crippen molar-refractivity contribution >= 4 is 40.3 Å². The van der Waals surface area contributed by atoms with Crippen LogP contribution in [0.4, 0.5) is 23.0 Å². The van der Waals surface area contributed by atoms with Gasteiger partial charge in [0, 0.05) is 29.6 Å². The van der Waals surface area contributed by atoms with Crippen LogP contribution in [-0.2, 0) is 4.74 Å². The minimum absolute atomic E-state index is 0.0719. The Morgan fingerprint density at radius 2 is 1.77 bits per heavy atom. The van der Waals surface area contributed by atoms with Crippen LogP contribution in [0.5, 0.6) is 0 Å². The summed E-state index contributed by atoms with van der Waals surface area (Å²) in [5, 5.41) is 15.4. The number of nitrogens with two attached hydrogens (primary N) is 1. The second kappa shape index (κ2) is 10.5. The number of ether oxygens (including phenoxy) is 1. The summed E-state index contributed by atoms with van der Waals surface area (Å²) in [6, 6.07) is 25.3. The molecule has 3 heterocycles. The highest BCUT2D eigenvalue weighted by molar-refractivity contribution is 7.80. The van der Waals surface area contributed by atoms with Gasteiger partial charge in [-0.25, -0.2) is 4.98 Å². The minimum atomic E-state index is -0.0719. The topological polar surface area (TPSA) is 101 Å². The van der Waals surface area contributed by atoms with E-state index in [4.69, 9.17) is 22.7 Å². The van der Waals surface area contributed by atoms with Crippen LogP contribution < -0.4 is 21.3 Å². The number of hydrogen-bond donors (Lipinski definition) is 3. The van der Waals surface area contributed by atoms with Crippen LogP contribution in [0.25, 0.3) is 11.3 Å². The van der Waals surface area contributed by atoms with E-state index < -0.39 is 0 Å². The van der Waals surface area contributed by atoms with Gasteiger partial charge in [-0.05, 0) is 42.5 Å². The lowest BCUT2D eigenvalue weighted by Gasteiger charge is -2.38. The molecule has 0 radical (unpaired) electrons. The molecular weight excluding hydrogens is 458 g/mol. The number of para-hydroxylation sites is 1. The molecule has 1 saturated heterocycles. The molecule has 35 heavy (non-hydrogen) atoms. The van der Waals surface area contributed by atoms with Gasteiger partial charge in [0.05, 0.1) is 30.6 Å². The Morgan fingerprint density at radius 1 is 0.943 bits per heavy atom. The molecule has 0 aliphatic carbocycles. The van der Waals surface area contributed by atoms with Crippen molar-refractivity contribution in [2.24, 2.45) is 0 Å². The first-order valence-corrected chi connectivity index (χ1v) is 11.7. The zero-order valence-corrected chi connectivity index (χ0v) is 19.8. The monoisotopic (exact) mass is 483 g/mol. The summed E-state index contributed by atoms with van der Waals surface area (Å²) in [4.78, 5) is 6.71. The normalized spacial score (nSPS) is 15.4. The molecule has 1 unspecified atom stereocenters. The fourth-order valence-corrected chi connectivity index (χ4v) is 4.31. The van der Waals surface area contributed by atoms with E-state index in [0.717, 1.165) is 28.3 Å². The van der Waals surface area contributed by atoms with Crippen molar-refractivity contribution in [2.75, 3.05) is 41.0 Å². The van der Waals surface area contributed by atoms with Crippen LogP contribution >= 0.6 is 12.2 Å². The molecule has 1 aliphatic heterocycles. The van der Waals surface area contributed by atoms with E-state index in [2.05, 4.69) is 36.8 Å². The van der Waals surface area contributed by atoms with E-state index in [1.807, 2.05) is 72.8 Å². The number of rotatable bonds is 5. The van der Waals surface area contributed by atoms with Crippen molar-refractivity contribution in [3.8, 4) is 11.3 Å². The maximum Gasteiger partial charge on any atom is 0.176 e. The Morgan fingerprint density at radius 3 is 2.57 bits per heavy atom. The quantitative estimate of drug-likeness (QED) is 0.354. The second-order valence-electron chi connectivity index (χ2n) is 8.04. The number of nitrogens with one attached hydrogen (secondary N) is 2. The van der Waals surface area contributed by atoms with Gasteiger partial charge < -0.3 is 26.0 Å². The van der Waals surface area contributed by atoms with Crippen LogP contribution in [0.15, 0.2) is 85.1 Å². The Kier molecular flexibility index (Phi) is 6.78. The second-order valence-corrected chi connectivity index (χ2v) is 8.44. The molecule has 1 fully saturated rings. The summed E-state index contributed by atoms with van der Waals surface area (Å²) >= 11 is 5.58. The number of morpholine rings is 1. The predicted molar refractivity (Wildman–Crippen MR) is 143 cm³/mol. The van der Waals surface area contributed by atoms with Crippen molar-refractivity contribution < 1.29 is 4.74 Å². The third-order valence-electron chi connectivity index (χ3n) is 5.76. The molecule has 8 nitrogen and oxygen atoms in total. The van der Waals surface area contributed by atoms with Gasteiger partial charge in [-0.15, -0.1) is 10.2 Å². The summed E-state index contributed by atoms with van der Waals surface area (Å²) < 4.78 is 5.83. The lowest BCUT2D eigenvalue weighted by Crippen LogP contribution is -2.41. The van der Waals surface area contributed by atoms with Crippen molar-refractivity contribution in [2.45, 2.75) is 6.04 Å². The molecule has 2 aromatic carbocycles. The number of anilines is 4. The maximum atomic E-state index is 6.24. The molecule has 1 aliphatic rings. The van der Waals surface area contributed by atoms with E-state index in [1.165, 1.54) is 0 Å². The standard InChI is InChI=1S/C26H25N7OS/c27-20-10-6-14-28-25(20)33-15-16-34-17-23(33)19-9-4-5-11-22(19)29-26(35)30-24-13-12-21(31-32-24)18-7-2-1-3-8-18/h1-14,23H,15-17,27H2,(H2,29,30,32,35). The van der Waals surface area contributed by atoms with Crippen LogP contribution in [0, 0.1) is 0 Å². The SMILES string of the molecule is Nc1cccnc1N1CCOCC1c1ccccc1NC(=S)Nc1ccc(-c2ccccc2)nn1. The number of hydrogen-bond acceptors (Lipinski definition) is 7. The molecule has 4 N–H and O–H groups in total. The van der Waals surface area contributed by atoms with Gasteiger partial charge in [-0.2, -0.15) is 0 Å². The Bertz CT molecular complexity index is 1300. The van der Waals surface area contributed by atoms with E-state index in [1.54, 1.807) is 6.20 Å². The van der Waals surface area contributed by atoms with Gasteiger partial charge in [0.15, 0.2) is 16.7 Å². The van der Waals surface area contributed by atoms with Gasteiger partial charge in [-0.3, -0.25) is 0 Å². The third kappa shape index (κ3) is 5.21. The molecular formula is C26H25N7OS. The Hall–Kier alpha value is -4.08. The van der Waals surface area contributed by atoms with Crippen LogP contribution in [0.2, 0.25) is 0 Å². The average molecular weight is 484 g/mol. The fourth-order valence-electron chi connectivity index (χ4n) is 4.10. The van der Waals surface area contributed by atoms with Crippen LogP contribution in [-0.4, -0.2) is 40.1 Å². The first kappa shape index (κ1) is 22.7. The molecule has 0 saturated carbocycles. The highest BCUT2D eigenvalue weighted by Crippen LogP contribution is 2.35. The largest absolute Gasteiger partial charge is 0.396 e. The van der Waals surface area contributed by atoms with Crippen molar-refractivity contribution in [1.29, 1.82) is 0 Å². The average Bonchev–Trinajstić information content (AvgIpc) is 2.90. The zero-order valence-electron chi connectivity index (χ0n) is 19.0. The van der Waals surface area contributed by atoms with E-state index in [9.17, 15) is 0 Å². The first-order chi connectivity index (χ1) is 17.2. The van der Waals surface area contributed by atoms with Gasteiger partial charge in [0.1, 0.15) is 0 Å². The minimum Gasteiger partial charge on any atom is -0.396 e. The number of aromatic nitrogens is 3. The van der Waals surface area contributed by atoms with Crippen molar-refractivity contribution in [3.63, 3.8) is 0 Å². The van der Waals surface area contributed by atoms with Crippen LogP contribution in [0.3, 0.4) is 0 Å². The molecule has 2 aromatic heterocycles. The summed E-state index contributed by atoms with van der Waals surface area (Å²) in [6.07, 6.45) is 1.76. The zero-order chi connectivity index (χ0) is 24.0. The van der Waals surface area contributed by atoms with E-state index >= 15 is 0 Å². The highest BCUT2D eigenvalue weighted by atomic mass is 32.1. The third-order valence-corrected chi connectivity index (χ3v) is 5.97. The number of benzene rings is 2. The summed E-state index contributed by atoms with van der Waals surface area (Å²) in [6.45, 7) is 1.81. The van der Waals surface area contributed by atoms with E-state index in [-0.39, 0.29) is 6.04 Å². The summed E-state index contributed by atoms with van der Waals surface area (Å²) in [5.41, 5.74) is 10.6. The molecule has 9 heteroatoms. The highest BCUT2D eigenvalue weighted by Gasteiger charge is 2.29. The molecule has 0 bridgehead atoms. The lowest BCUT2D eigenvalue weighted by molar-refractivity contribution is 0.0940. The molecule has 0 spiro atoms. The van der Waals surface area contributed by atoms with E-state index in [0.29, 0.717) is 36.4 Å². The maximum absolute atomic E-state index is 6.24. The summed E-state index contributed by atoms with van der Waals surface area (Å²) in [7, 11) is 0. The first-order valence-electron chi connectivity index (χ1n) is 11.3. The fraction of sp³-hybridized carbons (Fsp3) is 0.154. The van der Waals surface area contributed by atoms with Crippen LogP contribution in [0.1, 0.15) is 11.6 Å². The molecule has 5 rings (SSSR count). The van der Waals surface area contributed by atoms with Gasteiger partial charge >= 0.3 is 0 Å². The predicted octanol–water partition coefficient (Wildman–Crippen LogP) is 4.51. The lowest BCUT2D eigenvalue weighted by atomic mass is 10.0. The summed E-state index contributed by atoms with van der Waals surface area (Å²) in [5.74, 6) is 1.31. The van der Waals surface area contributed by atoms with Crippen molar-refractivity contribution in [1.82, 2.24) is 15.2 Å². The van der Waals surface area contributed by atoms with Crippen molar-refractivity contribution in [3.05, 3.63) is 90.6 Å². The number of thiocarbonyl (C=S) groups is 1.